The topological polar surface area (TPSA) is 22.1 Å². The first kappa shape index (κ1) is 10.5. The summed E-state index contributed by atoms with van der Waals surface area (Å²) in [5.41, 5.74) is 3.66. The van der Waals surface area contributed by atoms with Crippen LogP contribution in [0.15, 0.2) is 6.07 Å². The molecule has 0 saturated carbocycles. The maximum atomic E-state index is 5.66. The first-order chi connectivity index (χ1) is 6.98. The van der Waals surface area contributed by atoms with Crippen molar-refractivity contribution in [2.45, 2.75) is 46.0 Å². The van der Waals surface area contributed by atoms with E-state index in [9.17, 15) is 0 Å². The van der Waals surface area contributed by atoms with Gasteiger partial charge < -0.3 is 4.74 Å². The van der Waals surface area contributed by atoms with Crippen LogP contribution in [0.3, 0.4) is 0 Å². The van der Waals surface area contributed by atoms with Gasteiger partial charge in [0.2, 0.25) is 0 Å². The highest BCUT2D eigenvalue weighted by atomic mass is 16.5. The summed E-state index contributed by atoms with van der Waals surface area (Å²) < 4.78 is 5.66. The second-order valence-corrected chi connectivity index (χ2v) is 5.28. The molecule has 0 saturated heterocycles. The molecule has 2 nitrogen and oxygen atoms in total. The van der Waals surface area contributed by atoms with Gasteiger partial charge in [-0.25, -0.2) is 0 Å². The molecule has 0 aromatic carbocycles. The molecule has 1 aliphatic heterocycles. The number of fused-ring (bicyclic) bond motifs is 1. The molecule has 1 aliphatic rings. The molecule has 2 rings (SSSR count). The molecule has 15 heavy (non-hydrogen) atoms. The van der Waals surface area contributed by atoms with Crippen molar-refractivity contribution in [2.24, 2.45) is 0 Å². The van der Waals surface area contributed by atoms with Crippen LogP contribution in [-0.4, -0.2) is 11.6 Å². The minimum atomic E-state index is 0.122. The highest BCUT2D eigenvalue weighted by Crippen LogP contribution is 2.31. The zero-order chi connectivity index (χ0) is 11.1. The Morgan fingerprint density at radius 1 is 1.33 bits per heavy atom. The summed E-state index contributed by atoms with van der Waals surface area (Å²) in [6, 6.07) is 2.21. The average Bonchev–Trinajstić information content (AvgIpc) is 2.16. The molecule has 1 aromatic heterocycles. The van der Waals surface area contributed by atoms with Gasteiger partial charge in [0.15, 0.2) is 0 Å². The maximum Gasteiger partial charge on any atom is 0.143 e. The van der Waals surface area contributed by atoms with E-state index in [0.29, 0.717) is 0 Å². The van der Waals surface area contributed by atoms with Crippen LogP contribution >= 0.6 is 0 Å². The van der Waals surface area contributed by atoms with Crippen molar-refractivity contribution in [2.75, 3.05) is 6.61 Å². The minimum Gasteiger partial charge on any atom is -0.491 e. The predicted octanol–water partition coefficient (Wildman–Crippen LogP) is 3.01. The maximum absolute atomic E-state index is 5.66. The van der Waals surface area contributed by atoms with Crippen molar-refractivity contribution in [1.29, 1.82) is 0 Å². The fraction of sp³-hybridized carbons (Fsp3) is 0.615. The number of aryl methyl sites for hydroxylation is 2. The van der Waals surface area contributed by atoms with E-state index in [4.69, 9.17) is 4.74 Å². The predicted molar refractivity (Wildman–Crippen MR) is 61.5 cm³/mol. The summed E-state index contributed by atoms with van der Waals surface area (Å²) in [5.74, 6) is 1.02. The number of hydrogen-bond acceptors (Lipinski definition) is 2. The van der Waals surface area contributed by atoms with Crippen molar-refractivity contribution in [3.63, 3.8) is 0 Å². The molecule has 82 valence electrons. The van der Waals surface area contributed by atoms with Crippen LogP contribution in [0.5, 0.6) is 5.75 Å². The molecule has 2 heteroatoms. The Labute approximate surface area is 91.7 Å². The number of aromatic nitrogens is 1. The molecule has 0 atom stereocenters. The van der Waals surface area contributed by atoms with Gasteiger partial charge >= 0.3 is 0 Å². The number of ether oxygens (including phenoxy) is 1. The highest BCUT2D eigenvalue weighted by molar-refractivity contribution is 5.41. The lowest BCUT2D eigenvalue weighted by Gasteiger charge is -2.24. The Balaban J connectivity index is 2.50. The third-order valence-corrected chi connectivity index (χ3v) is 2.82. The van der Waals surface area contributed by atoms with Crippen LogP contribution in [0.2, 0.25) is 0 Å². The lowest BCUT2D eigenvalue weighted by Crippen LogP contribution is -2.18. The van der Waals surface area contributed by atoms with Gasteiger partial charge in [0, 0.05) is 11.1 Å². The van der Waals surface area contributed by atoms with Gasteiger partial charge in [-0.2, -0.15) is 0 Å². The van der Waals surface area contributed by atoms with Gasteiger partial charge in [0.1, 0.15) is 5.75 Å². The van der Waals surface area contributed by atoms with Gasteiger partial charge in [-0.15, -0.1) is 0 Å². The number of nitrogens with zero attached hydrogens (tertiary/aromatic N) is 1. The fourth-order valence-electron chi connectivity index (χ4n) is 1.93. The zero-order valence-corrected chi connectivity index (χ0v) is 10.1. The molecule has 0 unspecified atom stereocenters. The van der Waals surface area contributed by atoms with E-state index in [1.54, 1.807) is 0 Å². The van der Waals surface area contributed by atoms with Crippen LogP contribution in [-0.2, 0) is 11.8 Å². The first-order valence-corrected chi connectivity index (χ1v) is 5.62. The fourth-order valence-corrected chi connectivity index (χ4v) is 1.93. The highest BCUT2D eigenvalue weighted by Gasteiger charge is 2.21. The Bertz CT molecular complexity index is 377. The molecule has 0 radical (unpaired) electrons. The van der Waals surface area contributed by atoms with Gasteiger partial charge in [0.25, 0.3) is 0 Å². The summed E-state index contributed by atoms with van der Waals surface area (Å²) in [7, 11) is 0. The quantitative estimate of drug-likeness (QED) is 0.649. The summed E-state index contributed by atoms with van der Waals surface area (Å²) >= 11 is 0. The van der Waals surface area contributed by atoms with Crippen molar-refractivity contribution in [1.82, 2.24) is 4.98 Å². The SMILES string of the molecule is Cc1nc(C(C)(C)C)cc2c1OCCC2. The summed E-state index contributed by atoms with van der Waals surface area (Å²) in [4.78, 5) is 4.63. The van der Waals surface area contributed by atoms with E-state index in [0.717, 1.165) is 30.9 Å². The molecular formula is C13H19NO. The summed E-state index contributed by atoms with van der Waals surface area (Å²) in [6.07, 6.45) is 2.25. The first-order valence-electron chi connectivity index (χ1n) is 5.62. The Morgan fingerprint density at radius 2 is 2.07 bits per heavy atom. The second-order valence-electron chi connectivity index (χ2n) is 5.28. The van der Waals surface area contributed by atoms with Gasteiger partial charge in [-0.05, 0) is 31.4 Å². The standard InChI is InChI=1S/C13H19NO/c1-9-12-10(6-5-7-15-12)8-11(14-9)13(2,3)4/h8H,5-7H2,1-4H3. The molecule has 0 aliphatic carbocycles. The van der Waals surface area contributed by atoms with Crippen LogP contribution < -0.4 is 4.74 Å². The van der Waals surface area contributed by atoms with E-state index in [-0.39, 0.29) is 5.41 Å². The van der Waals surface area contributed by atoms with Gasteiger partial charge in [-0.1, -0.05) is 20.8 Å². The lowest BCUT2D eigenvalue weighted by atomic mass is 9.89. The van der Waals surface area contributed by atoms with E-state index in [1.807, 2.05) is 6.92 Å². The van der Waals surface area contributed by atoms with E-state index in [2.05, 4.69) is 31.8 Å². The van der Waals surface area contributed by atoms with Gasteiger partial charge in [0.05, 0.1) is 12.3 Å². The minimum absolute atomic E-state index is 0.122. The van der Waals surface area contributed by atoms with E-state index < -0.39 is 0 Å². The van der Waals surface area contributed by atoms with E-state index >= 15 is 0 Å². The Morgan fingerprint density at radius 3 is 2.73 bits per heavy atom. The largest absolute Gasteiger partial charge is 0.491 e. The molecule has 0 bridgehead atoms. The van der Waals surface area contributed by atoms with Crippen molar-refractivity contribution >= 4 is 0 Å². The average molecular weight is 205 g/mol. The molecular weight excluding hydrogens is 186 g/mol. The van der Waals surface area contributed by atoms with Crippen molar-refractivity contribution in [3.05, 3.63) is 23.0 Å². The number of hydrogen-bond donors (Lipinski definition) is 0. The van der Waals surface area contributed by atoms with Crippen molar-refractivity contribution in [3.8, 4) is 5.75 Å². The smallest absolute Gasteiger partial charge is 0.143 e. The van der Waals surface area contributed by atoms with Gasteiger partial charge in [-0.3, -0.25) is 4.98 Å². The third-order valence-electron chi connectivity index (χ3n) is 2.82. The second kappa shape index (κ2) is 3.51. The lowest BCUT2D eigenvalue weighted by molar-refractivity contribution is 0.284. The molecule has 0 spiro atoms. The van der Waals surface area contributed by atoms with Crippen molar-refractivity contribution < 1.29 is 4.74 Å². The molecule has 2 heterocycles. The van der Waals surface area contributed by atoms with E-state index in [1.165, 1.54) is 11.3 Å². The summed E-state index contributed by atoms with van der Waals surface area (Å²) in [5, 5.41) is 0. The van der Waals surface area contributed by atoms with Crippen LogP contribution in [0.4, 0.5) is 0 Å². The molecule has 0 amide bonds. The van der Waals surface area contributed by atoms with Crippen LogP contribution in [0.25, 0.3) is 0 Å². The molecule has 0 N–H and O–H groups in total. The third kappa shape index (κ3) is 1.99. The Hall–Kier alpha value is -1.05. The van der Waals surface area contributed by atoms with Crippen LogP contribution in [0, 0.1) is 6.92 Å². The Kier molecular flexibility index (Phi) is 2.45. The molecule has 0 fully saturated rings. The monoisotopic (exact) mass is 205 g/mol. The summed E-state index contributed by atoms with van der Waals surface area (Å²) in [6.45, 7) is 9.48. The normalized spacial score (nSPS) is 15.7. The number of pyridine rings is 1. The zero-order valence-electron chi connectivity index (χ0n) is 10.1. The number of rotatable bonds is 0. The molecule has 1 aromatic rings. The van der Waals surface area contributed by atoms with Crippen LogP contribution in [0.1, 0.15) is 44.1 Å².